The average molecular weight is 156 g/mol. The summed E-state index contributed by atoms with van der Waals surface area (Å²) in [5.74, 6) is 0.118. The third kappa shape index (κ3) is 1.80. The number of ether oxygens (including phenoxy) is 2. The molecule has 0 amide bonds. The summed E-state index contributed by atoms with van der Waals surface area (Å²) < 4.78 is 9.16. The van der Waals surface area contributed by atoms with E-state index in [1.165, 1.54) is 13.0 Å². The van der Waals surface area contributed by atoms with Gasteiger partial charge in [0, 0.05) is 6.08 Å². The van der Waals surface area contributed by atoms with Gasteiger partial charge >= 0.3 is 6.16 Å². The van der Waals surface area contributed by atoms with Crippen molar-refractivity contribution in [2.24, 2.45) is 0 Å². The van der Waals surface area contributed by atoms with Gasteiger partial charge in [0.05, 0.1) is 0 Å². The van der Waals surface area contributed by atoms with E-state index in [1.807, 2.05) is 0 Å². The van der Waals surface area contributed by atoms with E-state index in [0.717, 1.165) is 0 Å². The minimum Gasteiger partial charge on any atom is -0.423 e. The van der Waals surface area contributed by atoms with Crippen molar-refractivity contribution in [1.29, 1.82) is 0 Å². The van der Waals surface area contributed by atoms with Crippen molar-refractivity contribution in [2.45, 2.75) is 20.0 Å². The Hall–Kier alpha value is -1.32. The lowest BCUT2D eigenvalue weighted by molar-refractivity contribution is -0.112. The van der Waals surface area contributed by atoms with Gasteiger partial charge in [-0.1, -0.05) is 0 Å². The molecule has 60 valence electrons. The van der Waals surface area contributed by atoms with Crippen LogP contribution in [0.2, 0.25) is 0 Å². The minimum absolute atomic E-state index is 0.162. The molecule has 0 aromatic carbocycles. The van der Waals surface area contributed by atoms with E-state index in [2.05, 4.69) is 9.47 Å². The highest BCUT2D eigenvalue weighted by molar-refractivity contribution is 5.88. The van der Waals surface area contributed by atoms with Gasteiger partial charge in [-0.3, -0.25) is 4.79 Å². The molecule has 0 spiro atoms. The highest BCUT2D eigenvalue weighted by atomic mass is 16.8. The lowest BCUT2D eigenvalue weighted by atomic mass is 10.3. The predicted molar refractivity (Wildman–Crippen MR) is 35.8 cm³/mol. The standard InChI is InChI=1S/C7H8O4/c1-4(8)3-6-5(2)10-7(9)11-6/h3,5H,1-2H3. The molecular weight excluding hydrogens is 148 g/mol. The molecule has 4 nitrogen and oxygen atoms in total. The summed E-state index contributed by atoms with van der Waals surface area (Å²) in [5, 5.41) is 0. The zero-order valence-corrected chi connectivity index (χ0v) is 6.29. The second kappa shape index (κ2) is 2.74. The molecule has 1 aliphatic rings. The van der Waals surface area contributed by atoms with E-state index in [9.17, 15) is 9.59 Å². The molecule has 1 heterocycles. The fourth-order valence-corrected chi connectivity index (χ4v) is 0.753. The smallest absolute Gasteiger partial charge is 0.423 e. The van der Waals surface area contributed by atoms with Crippen LogP contribution in [0.15, 0.2) is 11.8 Å². The Bertz CT molecular complexity index is 229. The molecule has 0 aliphatic carbocycles. The van der Waals surface area contributed by atoms with Crippen molar-refractivity contribution in [1.82, 2.24) is 0 Å². The number of allylic oxidation sites excluding steroid dienone is 1. The predicted octanol–water partition coefficient (Wildman–Crippen LogP) is 1.01. The SMILES string of the molecule is CC(=O)C=C1OC(=O)OC1C. The Morgan fingerprint density at radius 1 is 1.64 bits per heavy atom. The van der Waals surface area contributed by atoms with Gasteiger partial charge in [-0.15, -0.1) is 0 Å². The topological polar surface area (TPSA) is 52.6 Å². The number of hydrogen-bond donors (Lipinski definition) is 0. The van der Waals surface area contributed by atoms with Gasteiger partial charge in [-0.05, 0) is 13.8 Å². The Morgan fingerprint density at radius 2 is 2.27 bits per heavy atom. The largest absolute Gasteiger partial charge is 0.514 e. The summed E-state index contributed by atoms with van der Waals surface area (Å²) in [6, 6.07) is 0. The molecule has 1 saturated heterocycles. The van der Waals surface area contributed by atoms with Crippen molar-refractivity contribution in [3.63, 3.8) is 0 Å². The quantitative estimate of drug-likeness (QED) is 0.420. The highest BCUT2D eigenvalue weighted by Gasteiger charge is 2.27. The summed E-state index contributed by atoms with van der Waals surface area (Å²) in [7, 11) is 0. The molecule has 1 aliphatic heterocycles. The van der Waals surface area contributed by atoms with Crippen molar-refractivity contribution in [3.8, 4) is 0 Å². The maximum atomic E-state index is 10.5. The summed E-state index contributed by atoms with van der Waals surface area (Å²) in [5.41, 5.74) is 0. The maximum Gasteiger partial charge on any atom is 0.514 e. The van der Waals surface area contributed by atoms with Crippen LogP contribution in [0.25, 0.3) is 0 Å². The van der Waals surface area contributed by atoms with Gasteiger partial charge in [-0.25, -0.2) is 4.79 Å². The molecule has 4 heteroatoms. The molecule has 0 radical (unpaired) electrons. The van der Waals surface area contributed by atoms with E-state index in [0.29, 0.717) is 0 Å². The number of hydrogen-bond acceptors (Lipinski definition) is 4. The van der Waals surface area contributed by atoms with Gasteiger partial charge < -0.3 is 9.47 Å². The van der Waals surface area contributed by atoms with Crippen LogP contribution < -0.4 is 0 Å². The van der Waals surface area contributed by atoms with Crippen LogP contribution in [0, 0.1) is 0 Å². The fraction of sp³-hybridized carbons (Fsp3) is 0.429. The average Bonchev–Trinajstić information content (AvgIpc) is 2.09. The van der Waals surface area contributed by atoms with Crippen LogP contribution in [0.1, 0.15) is 13.8 Å². The van der Waals surface area contributed by atoms with Gasteiger partial charge in [0.15, 0.2) is 17.6 Å². The number of ketones is 1. The summed E-state index contributed by atoms with van der Waals surface area (Å²) in [6.45, 7) is 3.02. The van der Waals surface area contributed by atoms with Crippen LogP contribution in [-0.4, -0.2) is 18.0 Å². The minimum atomic E-state index is -0.745. The third-order valence-corrected chi connectivity index (χ3v) is 1.22. The van der Waals surface area contributed by atoms with E-state index in [1.54, 1.807) is 6.92 Å². The monoisotopic (exact) mass is 156 g/mol. The number of cyclic esters (lactones) is 2. The van der Waals surface area contributed by atoms with Crippen molar-refractivity contribution in [3.05, 3.63) is 11.8 Å². The first kappa shape index (κ1) is 7.78. The molecule has 0 aromatic rings. The van der Waals surface area contributed by atoms with E-state index in [-0.39, 0.29) is 11.5 Å². The number of carbonyl (C=O) groups is 2. The molecule has 0 aromatic heterocycles. The normalized spacial score (nSPS) is 26.5. The van der Waals surface area contributed by atoms with E-state index < -0.39 is 12.3 Å². The van der Waals surface area contributed by atoms with Gasteiger partial charge in [0.1, 0.15) is 0 Å². The van der Waals surface area contributed by atoms with Crippen molar-refractivity contribution in [2.75, 3.05) is 0 Å². The fourth-order valence-electron chi connectivity index (χ4n) is 0.753. The van der Waals surface area contributed by atoms with E-state index >= 15 is 0 Å². The lowest BCUT2D eigenvalue weighted by Crippen LogP contribution is -2.02. The van der Waals surface area contributed by atoms with Gasteiger partial charge in [0.2, 0.25) is 0 Å². The first-order valence-corrected chi connectivity index (χ1v) is 3.20. The molecule has 1 unspecified atom stereocenters. The van der Waals surface area contributed by atoms with Crippen LogP contribution in [0.3, 0.4) is 0 Å². The molecule has 1 atom stereocenters. The number of carbonyl (C=O) groups excluding carboxylic acids is 2. The molecule has 0 saturated carbocycles. The Balaban J connectivity index is 2.74. The third-order valence-electron chi connectivity index (χ3n) is 1.22. The van der Waals surface area contributed by atoms with Gasteiger partial charge in [-0.2, -0.15) is 0 Å². The Labute approximate surface area is 63.8 Å². The first-order valence-electron chi connectivity index (χ1n) is 3.20. The lowest BCUT2D eigenvalue weighted by Gasteiger charge is -1.96. The van der Waals surface area contributed by atoms with E-state index in [4.69, 9.17) is 0 Å². The molecule has 0 N–H and O–H groups in total. The summed E-state index contributed by atoms with van der Waals surface area (Å²) in [4.78, 5) is 21.0. The van der Waals surface area contributed by atoms with Gasteiger partial charge in [0.25, 0.3) is 0 Å². The molecule has 1 fully saturated rings. The zero-order valence-electron chi connectivity index (χ0n) is 6.29. The van der Waals surface area contributed by atoms with Crippen molar-refractivity contribution < 1.29 is 19.1 Å². The second-order valence-electron chi connectivity index (χ2n) is 2.27. The molecule has 1 rings (SSSR count). The van der Waals surface area contributed by atoms with Crippen LogP contribution in [0.5, 0.6) is 0 Å². The Kier molecular flexibility index (Phi) is 1.94. The molecule has 0 bridgehead atoms. The van der Waals surface area contributed by atoms with Crippen molar-refractivity contribution >= 4 is 11.9 Å². The molecule has 11 heavy (non-hydrogen) atoms. The summed E-state index contributed by atoms with van der Waals surface area (Å²) >= 11 is 0. The van der Waals surface area contributed by atoms with Crippen LogP contribution in [-0.2, 0) is 14.3 Å². The van der Waals surface area contributed by atoms with Crippen LogP contribution in [0.4, 0.5) is 4.79 Å². The Morgan fingerprint density at radius 3 is 2.64 bits per heavy atom. The highest BCUT2D eigenvalue weighted by Crippen LogP contribution is 2.17. The zero-order chi connectivity index (χ0) is 8.43. The van der Waals surface area contributed by atoms with Crippen LogP contribution >= 0.6 is 0 Å². The second-order valence-corrected chi connectivity index (χ2v) is 2.27. The number of rotatable bonds is 1. The maximum absolute atomic E-state index is 10.5. The summed E-state index contributed by atoms with van der Waals surface area (Å²) in [6.07, 6.45) is 0.0617. The molecular formula is C7H8O4. The first-order chi connectivity index (χ1) is 5.09.